The van der Waals surface area contributed by atoms with E-state index >= 15 is 0 Å². The number of ether oxygens (including phenoxy) is 1. The Labute approximate surface area is 110 Å². The number of hydrogen-bond acceptors (Lipinski definition) is 5. The number of nitrogens with one attached hydrogen (secondary N) is 1. The van der Waals surface area contributed by atoms with Crippen molar-refractivity contribution in [2.24, 2.45) is 0 Å². The molecule has 0 aliphatic rings. The fourth-order valence-corrected chi connectivity index (χ4v) is 1.47. The van der Waals surface area contributed by atoms with Crippen LogP contribution in [0.4, 0.5) is 0 Å². The van der Waals surface area contributed by atoms with Crippen molar-refractivity contribution in [3.8, 4) is 0 Å². The van der Waals surface area contributed by atoms with E-state index in [1.165, 1.54) is 26.2 Å². The molecule has 0 aromatic rings. The molecule has 0 aromatic carbocycles. The summed E-state index contributed by atoms with van der Waals surface area (Å²) in [6, 6.07) is 0. The van der Waals surface area contributed by atoms with Crippen LogP contribution >= 0.6 is 0 Å². The van der Waals surface area contributed by atoms with E-state index in [2.05, 4.69) is 12.2 Å². The summed E-state index contributed by atoms with van der Waals surface area (Å²) in [4.78, 5) is 0. The molecule has 0 aliphatic carbocycles. The Hall–Kier alpha value is -0.200. The quantitative estimate of drug-likeness (QED) is 0.380. The molecule has 0 radical (unpaired) electrons. The largest absolute Gasteiger partial charge is 0.393 e. The average Bonchev–Trinajstić information content (AvgIpc) is 2.33. The summed E-state index contributed by atoms with van der Waals surface area (Å²) in [5.41, 5.74) is -1.14. The molecule has 5 nitrogen and oxygen atoms in total. The summed E-state index contributed by atoms with van der Waals surface area (Å²) in [5.74, 6) is 0. The van der Waals surface area contributed by atoms with Gasteiger partial charge in [-0.2, -0.15) is 0 Å². The van der Waals surface area contributed by atoms with Crippen molar-refractivity contribution in [3.63, 3.8) is 0 Å². The molecule has 0 spiro atoms. The molecule has 110 valence electrons. The molecule has 0 rings (SSSR count). The van der Waals surface area contributed by atoms with E-state index in [1.807, 2.05) is 0 Å². The summed E-state index contributed by atoms with van der Waals surface area (Å²) in [6.07, 6.45) is 4.06. The smallest absolute Gasteiger partial charge is 0.0972 e. The van der Waals surface area contributed by atoms with E-state index in [0.717, 1.165) is 6.42 Å². The fraction of sp³-hybridized carbons (Fsp3) is 1.00. The van der Waals surface area contributed by atoms with Gasteiger partial charge in [-0.25, -0.2) is 0 Å². The van der Waals surface area contributed by atoms with Crippen LogP contribution in [0.5, 0.6) is 0 Å². The van der Waals surface area contributed by atoms with Gasteiger partial charge < -0.3 is 25.4 Å². The first kappa shape index (κ1) is 17.8. The first-order valence-electron chi connectivity index (χ1n) is 6.81. The van der Waals surface area contributed by atoms with Gasteiger partial charge in [0, 0.05) is 19.7 Å². The van der Waals surface area contributed by atoms with Crippen LogP contribution in [0.15, 0.2) is 0 Å². The Morgan fingerprint density at radius 1 is 1.28 bits per heavy atom. The molecule has 0 saturated heterocycles. The highest BCUT2D eigenvalue weighted by Crippen LogP contribution is 2.00. The van der Waals surface area contributed by atoms with Gasteiger partial charge in [-0.3, -0.25) is 0 Å². The van der Waals surface area contributed by atoms with Crippen LogP contribution in [0.25, 0.3) is 0 Å². The van der Waals surface area contributed by atoms with Crippen molar-refractivity contribution in [1.29, 1.82) is 0 Å². The zero-order chi connectivity index (χ0) is 13.9. The molecular formula is C13H29NO4. The van der Waals surface area contributed by atoms with Gasteiger partial charge in [0.1, 0.15) is 0 Å². The monoisotopic (exact) mass is 263 g/mol. The highest BCUT2D eigenvalue weighted by molar-refractivity contribution is 4.74. The van der Waals surface area contributed by atoms with E-state index in [-0.39, 0.29) is 13.2 Å². The fourth-order valence-electron chi connectivity index (χ4n) is 1.47. The molecule has 4 N–H and O–H groups in total. The van der Waals surface area contributed by atoms with Crippen LogP contribution in [0.3, 0.4) is 0 Å². The lowest BCUT2D eigenvalue weighted by Crippen LogP contribution is -2.43. The van der Waals surface area contributed by atoms with Gasteiger partial charge in [0.15, 0.2) is 0 Å². The van der Waals surface area contributed by atoms with Gasteiger partial charge in [0.05, 0.1) is 24.9 Å². The second kappa shape index (κ2) is 10.7. The van der Waals surface area contributed by atoms with Crippen LogP contribution < -0.4 is 5.32 Å². The zero-order valence-electron chi connectivity index (χ0n) is 11.7. The lowest BCUT2D eigenvalue weighted by molar-refractivity contribution is -0.00394. The van der Waals surface area contributed by atoms with Crippen LogP contribution in [-0.4, -0.2) is 59.9 Å². The van der Waals surface area contributed by atoms with Crippen molar-refractivity contribution >= 4 is 0 Å². The lowest BCUT2D eigenvalue weighted by Gasteiger charge is -2.21. The Balaban J connectivity index is 3.35. The molecular weight excluding hydrogens is 234 g/mol. The minimum Gasteiger partial charge on any atom is -0.393 e. The van der Waals surface area contributed by atoms with E-state index < -0.39 is 11.7 Å². The van der Waals surface area contributed by atoms with Gasteiger partial charge in [-0.1, -0.05) is 26.2 Å². The molecule has 0 heterocycles. The van der Waals surface area contributed by atoms with Crippen molar-refractivity contribution in [2.45, 2.75) is 51.2 Å². The molecule has 0 fully saturated rings. The van der Waals surface area contributed by atoms with Crippen LogP contribution in [0, 0.1) is 0 Å². The Morgan fingerprint density at radius 3 is 2.61 bits per heavy atom. The number of aliphatic hydroxyl groups excluding tert-OH is 2. The van der Waals surface area contributed by atoms with E-state index in [9.17, 15) is 10.2 Å². The van der Waals surface area contributed by atoms with Crippen LogP contribution in [0.2, 0.25) is 0 Å². The van der Waals surface area contributed by atoms with Crippen molar-refractivity contribution in [3.05, 3.63) is 0 Å². The maximum absolute atomic E-state index is 9.59. The molecule has 0 saturated carbocycles. The second-order valence-corrected chi connectivity index (χ2v) is 5.08. The molecule has 18 heavy (non-hydrogen) atoms. The summed E-state index contributed by atoms with van der Waals surface area (Å²) in [7, 11) is 0. The Morgan fingerprint density at radius 2 is 2.00 bits per heavy atom. The third-order valence-electron chi connectivity index (χ3n) is 2.68. The van der Waals surface area contributed by atoms with Gasteiger partial charge in [0.25, 0.3) is 0 Å². The molecule has 0 aliphatic heterocycles. The molecule has 2 unspecified atom stereocenters. The maximum atomic E-state index is 9.59. The topological polar surface area (TPSA) is 82.0 Å². The minimum atomic E-state index is -1.14. The summed E-state index contributed by atoms with van der Waals surface area (Å²) < 4.78 is 5.35. The van der Waals surface area contributed by atoms with Crippen molar-refractivity contribution in [1.82, 2.24) is 5.32 Å². The average molecular weight is 263 g/mol. The first-order chi connectivity index (χ1) is 8.52. The molecule has 0 bridgehead atoms. The van der Waals surface area contributed by atoms with Gasteiger partial charge in [-0.15, -0.1) is 0 Å². The highest BCUT2D eigenvalue weighted by Gasteiger charge is 2.18. The van der Waals surface area contributed by atoms with Gasteiger partial charge in [-0.05, 0) is 13.3 Å². The van der Waals surface area contributed by atoms with E-state index in [0.29, 0.717) is 19.8 Å². The number of aliphatic hydroxyl groups is 3. The second-order valence-electron chi connectivity index (χ2n) is 5.08. The predicted octanol–water partition coefficient (Wildman–Crippen LogP) is 0.277. The highest BCUT2D eigenvalue weighted by atomic mass is 16.5. The number of unbranched alkanes of at least 4 members (excludes halogenated alkanes) is 3. The standard InChI is InChI=1S/C13H29NO4/c1-3-4-5-6-7-18-9-12(16)8-14-10-13(2,17)11-15/h12,14-17H,3-11H2,1-2H3. The first-order valence-corrected chi connectivity index (χ1v) is 6.81. The number of hydrogen-bond donors (Lipinski definition) is 4. The van der Waals surface area contributed by atoms with Crippen LogP contribution in [0.1, 0.15) is 39.5 Å². The number of rotatable bonds is 12. The van der Waals surface area contributed by atoms with Gasteiger partial charge >= 0.3 is 0 Å². The lowest BCUT2D eigenvalue weighted by atomic mass is 10.1. The molecule has 0 amide bonds. The molecule has 0 aromatic heterocycles. The maximum Gasteiger partial charge on any atom is 0.0972 e. The van der Waals surface area contributed by atoms with E-state index in [1.54, 1.807) is 0 Å². The summed E-state index contributed by atoms with van der Waals surface area (Å²) in [5, 5.41) is 30.8. The van der Waals surface area contributed by atoms with Crippen molar-refractivity contribution in [2.75, 3.05) is 32.9 Å². The Kier molecular flexibility index (Phi) is 10.6. The SMILES string of the molecule is CCCCCCOCC(O)CNCC(C)(O)CO. The van der Waals surface area contributed by atoms with Crippen molar-refractivity contribution < 1.29 is 20.1 Å². The van der Waals surface area contributed by atoms with Crippen LogP contribution in [-0.2, 0) is 4.74 Å². The van der Waals surface area contributed by atoms with Gasteiger partial charge in [0.2, 0.25) is 0 Å². The Bertz CT molecular complexity index is 188. The third-order valence-corrected chi connectivity index (χ3v) is 2.68. The molecule has 2 atom stereocenters. The predicted molar refractivity (Wildman–Crippen MR) is 71.5 cm³/mol. The normalized spacial score (nSPS) is 16.5. The molecule has 5 heteroatoms. The zero-order valence-corrected chi connectivity index (χ0v) is 11.7. The summed E-state index contributed by atoms with van der Waals surface area (Å²) in [6.45, 7) is 4.99. The minimum absolute atomic E-state index is 0.247. The summed E-state index contributed by atoms with van der Waals surface area (Å²) >= 11 is 0. The van der Waals surface area contributed by atoms with E-state index in [4.69, 9.17) is 9.84 Å². The third kappa shape index (κ3) is 10.9.